The fourth-order valence-electron chi connectivity index (χ4n) is 5.52. The number of rotatable bonds is 5. The zero-order valence-electron chi connectivity index (χ0n) is 21.3. The number of fused-ring (bicyclic) bond motifs is 2. The van der Waals surface area contributed by atoms with Crippen molar-refractivity contribution in [1.29, 1.82) is 0 Å². The van der Waals surface area contributed by atoms with Crippen molar-refractivity contribution in [3.8, 4) is 5.95 Å². The zero-order valence-corrected chi connectivity index (χ0v) is 21.3. The maximum absolute atomic E-state index is 10.0. The number of benzene rings is 1. The molecule has 36 heavy (non-hydrogen) atoms. The molecule has 190 valence electrons. The Balaban J connectivity index is 1.50. The van der Waals surface area contributed by atoms with Crippen molar-refractivity contribution in [3.63, 3.8) is 0 Å². The molecule has 1 aromatic carbocycles. The number of aromatic nitrogens is 6. The van der Waals surface area contributed by atoms with Crippen LogP contribution in [0, 0.1) is 5.92 Å². The number of imidazole rings is 2. The molecule has 1 unspecified atom stereocenters. The summed E-state index contributed by atoms with van der Waals surface area (Å²) in [5.74, 6) is 3.65. The van der Waals surface area contributed by atoms with E-state index in [-0.39, 0.29) is 6.10 Å². The van der Waals surface area contributed by atoms with Crippen LogP contribution in [-0.2, 0) is 18.2 Å². The zero-order chi connectivity index (χ0) is 24.8. The van der Waals surface area contributed by atoms with Gasteiger partial charge in [0.2, 0.25) is 11.9 Å². The van der Waals surface area contributed by atoms with Crippen LogP contribution >= 0.6 is 0 Å². The van der Waals surface area contributed by atoms with Gasteiger partial charge >= 0.3 is 0 Å². The summed E-state index contributed by atoms with van der Waals surface area (Å²) in [5, 5.41) is 10.0. The molecule has 0 bridgehead atoms. The fourth-order valence-corrected chi connectivity index (χ4v) is 5.52. The number of aliphatic hydroxyl groups excluding tert-OH is 1. The van der Waals surface area contributed by atoms with Crippen LogP contribution in [0.3, 0.4) is 0 Å². The average Bonchev–Trinajstić information content (AvgIpc) is 3.46. The monoisotopic (exact) mass is 490 g/mol. The smallest absolute Gasteiger partial charge is 0.239 e. The second-order valence-electron chi connectivity index (χ2n) is 9.86. The van der Waals surface area contributed by atoms with Crippen molar-refractivity contribution >= 4 is 34.0 Å². The van der Waals surface area contributed by atoms with Crippen molar-refractivity contribution in [1.82, 2.24) is 29.1 Å². The van der Waals surface area contributed by atoms with E-state index in [0.717, 1.165) is 85.2 Å². The lowest BCUT2D eigenvalue weighted by atomic mass is 9.92. The summed E-state index contributed by atoms with van der Waals surface area (Å²) in [6.07, 6.45) is 2.41. The third-order valence-electron chi connectivity index (χ3n) is 7.63. The molecule has 0 saturated carbocycles. The summed E-state index contributed by atoms with van der Waals surface area (Å²) in [6, 6.07) is 8.15. The maximum Gasteiger partial charge on any atom is 0.239 e. The standard InChI is InChI=1S/C26H34N8O2/c1-4-21-27-19-7-5-6-8-20(19)34(21)25-29-23-22(24(30-25)32-13-15-36-16-14-32)28-26(31(23)3)33-11-9-18(10-12-33)17(2)35/h5-8,17-18,35H,4,9-16H2,1-3H3. The highest BCUT2D eigenvalue weighted by molar-refractivity contribution is 5.87. The van der Waals surface area contributed by atoms with E-state index in [1.165, 1.54) is 0 Å². The number of hydrogen-bond acceptors (Lipinski definition) is 8. The van der Waals surface area contributed by atoms with Gasteiger partial charge < -0.3 is 19.6 Å². The van der Waals surface area contributed by atoms with E-state index in [2.05, 4.69) is 31.9 Å². The molecule has 2 saturated heterocycles. The van der Waals surface area contributed by atoms with Crippen LogP contribution < -0.4 is 9.80 Å². The number of para-hydroxylation sites is 2. The first-order chi connectivity index (χ1) is 17.5. The summed E-state index contributed by atoms with van der Waals surface area (Å²) in [4.78, 5) is 24.7. The maximum atomic E-state index is 10.0. The van der Waals surface area contributed by atoms with Gasteiger partial charge in [-0.15, -0.1) is 0 Å². The van der Waals surface area contributed by atoms with Gasteiger partial charge in [0, 0.05) is 39.6 Å². The molecular formula is C26H34N8O2. The van der Waals surface area contributed by atoms with Crippen LogP contribution in [0.4, 0.5) is 11.8 Å². The van der Waals surface area contributed by atoms with Crippen LogP contribution in [0.1, 0.15) is 32.5 Å². The first-order valence-corrected chi connectivity index (χ1v) is 13.0. The van der Waals surface area contributed by atoms with Crippen molar-refractivity contribution in [2.45, 2.75) is 39.2 Å². The number of hydrogen-bond donors (Lipinski definition) is 1. The molecule has 0 aliphatic carbocycles. The van der Waals surface area contributed by atoms with Crippen molar-refractivity contribution in [3.05, 3.63) is 30.1 Å². The van der Waals surface area contributed by atoms with E-state index in [1.54, 1.807) is 0 Å². The van der Waals surface area contributed by atoms with Crippen LogP contribution in [0.15, 0.2) is 24.3 Å². The number of nitrogens with zero attached hydrogens (tertiary/aromatic N) is 8. The largest absolute Gasteiger partial charge is 0.393 e. The van der Waals surface area contributed by atoms with Crippen LogP contribution in [0.5, 0.6) is 0 Å². The molecule has 10 heteroatoms. The van der Waals surface area contributed by atoms with E-state index in [4.69, 9.17) is 24.7 Å². The van der Waals surface area contributed by atoms with Gasteiger partial charge in [-0.1, -0.05) is 19.1 Å². The minimum absolute atomic E-state index is 0.272. The summed E-state index contributed by atoms with van der Waals surface area (Å²) in [7, 11) is 2.04. The van der Waals surface area contributed by atoms with Gasteiger partial charge in [-0.2, -0.15) is 9.97 Å². The Morgan fingerprint density at radius 1 is 1.00 bits per heavy atom. The number of morpholine rings is 1. The third-order valence-corrected chi connectivity index (χ3v) is 7.63. The Kier molecular flexibility index (Phi) is 6.00. The topological polar surface area (TPSA) is 97.4 Å². The van der Waals surface area contributed by atoms with E-state index < -0.39 is 0 Å². The molecule has 0 radical (unpaired) electrons. The number of ether oxygens (including phenoxy) is 1. The van der Waals surface area contributed by atoms with Gasteiger partial charge in [-0.25, -0.2) is 9.97 Å². The molecule has 2 fully saturated rings. The molecule has 0 spiro atoms. The van der Waals surface area contributed by atoms with Crippen molar-refractivity contribution < 1.29 is 9.84 Å². The summed E-state index contributed by atoms with van der Waals surface area (Å²) >= 11 is 0. The van der Waals surface area contributed by atoms with Gasteiger partial charge in [0.05, 0.1) is 30.4 Å². The van der Waals surface area contributed by atoms with Crippen LogP contribution in [-0.4, -0.2) is 79.7 Å². The molecule has 3 aromatic heterocycles. The molecule has 6 rings (SSSR count). The Morgan fingerprint density at radius 2 is 1.75 bits per heavy atom. The number of aliphatic hydroxyl groups is 1. The average molecular weight is 491 g/mol. The van der Waals surface area contributed by atoms with Crippen molar-refractivity contribution in [2.75, 3.05) is 49.2 Å². The summed E-state index contributed by atoms with van der Waals surface area (Å²) < 4.78 is 9.81. The van der Waals surface area contributed by atoms with E-state index in [9.17, 15) is 5.11 Å². The minimum Gasteiger partial charge on any atom is -0.393 e. The fraction of sp³-hybridized carbons (Fsp3) is 0.538. The molecule has 2 aliphatic rings. The lowest BCUT2D eigenvalue weighted by Crippen LogP contribution is -2.38. The SMILES string of the molecule is CCc1nc2ccccc2n1-c1nc(N2CCOCC2)c2nc(N3CCC(C(C)O)CC3)n(C)c2n1. The van der Waals surface area contributed by atoms with Gasteiger partial charge in [-0.05, 0) is 37.8 Å². The van der Waals surface area contributed by atoms with Crippen LogP contribution in [0.2, 0.25) is 0 Å². The van der Waals surface area contributed by atoms with Gasteiger partial charge in [0.15, 0.2) is 17.0 Å². The Bertz CT molecular complexity index is 1380. The molecular weight excluding hydrogens is 456 g/mol. The molecule has 1 atom stereocenters. The first kappa shape index (κ1) is 23.2. The molecule has 1 N–H and O–H groups in total. The van der Waals surface area contributed by atoms with E-state index >= 15 is 0 Å². The third kappa shape index (κ3) is 3.88. The number of piperidine rings is 1. The van der Waals surface area contributed by atoms with Crippen molar-refractivity contribution in [2.24, 2.45) is 13.0 Å². The Morgan fingerprint density at radius 3 is 2.47 bits per heavy atom. The van der Waals surface area contributed by atoms with Gasteiger partial charge in [-0.3, -0.25) is 9.13 Å². The van der Waals surface area contributed by atoms with E-state index in [1.807, 2.05) is 32.2 Å². The van der Waals surface area contributed by atoms with Gasteiger partial charge in [0.25, 0.3) is 0 Å². The molecule has 5 heterocycles. The number of anilines is 2. The molecule has 4 aromatic rings. The Labute approximate surface area is 210 Å². The molecule has 10 nitrogen and oxygen atoms in total. The lowest BCUT2D eigenvalue weighted by molar-refractivity contribution is 0.109. The normalized spacial score (nSPS) is 18.4. The highest BCUT2D eigenvalue weighted by Gasteiger charge is 2.28. The predicted octanol–water partition coefficient (Wildman–Crippen LogP) is 2.70. The minimum atomic E-state index is -0.272. The quantitative estimate of drug-likeness (QED) is 0.456. The highest BCUT2D eigenvalue weighted by atomic mass is 16.5. The summed E-state index contributed by atoms with van der Waals surface area (Å²) in [5.41, 5.74) is 3.58. The molecule has 2 aliphatic heterocycles. The predicted molar refractivity (Wildman–Crippen MR) is 140 cm³/mol. The molecule has 0 amide bonds. The lowest BCUT2D eigenvalue weighted by Gasteiger charge is -2.33. The first-order valence-electron chi connectivity index (χ1n) is 13.0. The van der Waals surface area contributed by atoms with E-state index in [0.29, 0.717) is 25.1 Å². The Hall–Kier alpha value is -3.24. The van der Waals surface area contributed by atoms with Crippen LogP contribution in [0.25, 0.3) is 28.1 Å². The van der Waals surface area contributed by atoms with Gasteiger partial charge in [0.1, 0.15) is 5.82 Å². The number of aryl methyl sites for hydroxylation is 2. The summed E-state index contributed by atoms with van der Waals surface area (Å²) in [6.45, 7) is 8.61. The second kappa shape index (κ2) is 9.33. The highest BCUT2D eigenvalue weighted by Crippen LogP contribution is 2.32. The second-order valence-corrected chi connectivity index (χ2v) is 9.86.